The molecule has 0 spiro atoms. The Labute approximate surface area is 214 Å². The minimum atomic E-state index is -0.126. The van der Waals surface area contributed by atoms with E-state index in [4.69, 9.17) is 0 Å². The van der Waals surface area contributed by atoms with Gasteiger partial charge in [-0.05, 0) is 68.7 Å². The molecule has 35 heavy (non-hydrogen) atoms. The summed E-state index contributed by atoms with van der Waals surface area (Å²) in [5.41, 5.74) is 5.01. The monoisotopic (exact) mass is 496 g/mol. The van der Waals surface area contributed by atoms with Gasteiger partial charge in [0.05, 0.1) is 12.1 Å². The van der Waals surface area contributed by atoms with Crippen molar-refractivity contribution >= 4 is 33.8 Å². The van der Waals surface area contributed by atoms with E-state index >= 15 is 0 Å². The lowest BCUT2D eigenvalue weighted by Gasteiger charge is -2.33. The number of thiophene rings is 1. The number of aryl methyl sites for hydroxylation is 2. The maximum absolute atomic E-state index is 13.6. The fraction of sp³-hybridized carbons (Fsp3) is 0.571. The van der Waals surface area contributed by atoms with Crippen LogP contribution in [0.2, 0.25) is 0 Å². The molecule has 190 valence electrons. The molecule has 0 unspecified atom stereocenters. The molecule has 2 N–H and O–H groups in total. The predicted octanol–water partition coefficient (Wildman–Crippen LogP) is 4.95. The molecule has 7 heteroatoms. The van der Waals surface area contributed by atoms with Gasteiger partial charge in [0.2, 0.25) is 5.91 Å². The summed E-state index contributed by atoms with van der Waals surface area (Å²) in [7, 11) is 2.11. The molecule has 0 radical (unpaired) electrons. The van der Waals surface area contributed by atoms with Gasteiger partial charge in [-0.15, -0.1) is 11.3 Å². The third-order valence-electron chi connectivity index (χ3n) is 7.56. The minimum absolute atomic E-state index is 0.0407. The van der Waals surface area contributed by atoms with E-state index in [-0.39, 0.29) is 17.2 Å². The summed E-state index contributed by atoms with van der Waals surface area (Å²) in [5.74, 6) is 0.400. The lowest BCUT2D eigenvalue weighted by atomic mass is 9.72. The van der Waals surface area contributed by atoms with Crippen LogP contribution in [0.25, 0.3) is 0 Å². The number of nitrogens with one attached hydrogen (secondary N) is 2. The molecule has 4 rings (SSSR count). The second-order valence-electron chi connectivity index (χ2n) is 11.4. The van der Waals surface area contributed by atoms with Gasteiger partial charge in [0.15, 0.2) is 0 Å². The number of carbonyl (C=O) groups is 2. The molecular weight excluding hydrogens is 456 g/mol. The smallest absolute Gasteiger partial charge is 0.258 e. The van der Waals surface area contributed by atoms with Crippen LogP contribution in [-0.2, 0) is 17.6 Å². The lowest BCUT2D eigenvalue weighted by Crippen LogP contribution is -2.47. The highest BCUT2D eigenvalue weighted by atomic mass is 32.1. The number of nitrogens with zero attached hydrogens (tertiary/aromatic N) is 2. The zero-order chi connectivity index (χ0) is 25.3. The van der Waals surface area contributed by atoms with E-state index in [2.05, 4.69) is 54.3 Å². The first-order valence-electron chi connectivity index (χ1n) is 12.7. The number of anilines is 2. The molecule has 1 atom stereocenters. The molecule has 2 aliphatic rings. The van der Waals surface area contributed by atoms with Crippen LogP contribution in [0, 0.1) is 25.2 Å². The van der Waals surface area contributed by atoms with Crippen molar-refractivity contribution in [3.63, 3.8) is 0 Å². The van der Waals surface area contributed by atoms with Crippen molar-refractivity contribution in [2.45, 2.75) is 53.9 Å². The van der Waals surface area contributed by atoms with Crippen LogP contribution >= 0.6 is 11.3 Å². The average molecular weight is 497 g/mol. The summed E-state index contributed by atoms with van der Waals surface area (Å²) in [6.45, 7) is 15.0. The van der Waals surface area contributed by atoms with Gasteiger partial charge in [0.1, 0.15) is 5.00 Å². The van der Waals surface area contributed by atoms with Gasteiger partial charge < -0.3 is 15.5 Å². The molecule has 1 aromatic carbocycles. The second kappa shape index (κ2) is 10.4. The fourth-order valence-corrected chi connectivity index (χ4v) is 6.51. The van der Waals surface area contributed by atoms with E-state index in [1.54, 1.807) is 11.3 Å². The number of hydrogen-bond donors (Lipinski definition) is 2. The van der Waals surface area contributed by atoms with E-state index in [0.717, 1.165) is 62.3 Å². The standard InChI is InChI=1S/C28H40N4O2S/c1-18-7-10-22(19(2)15-18)29-26(34)25-21-9-8-20(28(3,4)5)16-23(21)35-27(25)30-24(33)17-32-13-11-31(6)12-14-32/h7,10,15,20H,8-9,11-14,16-17H2,1-6H3,(H,29,34)(H,30,33)/t20-/m0/s1. The first kappa shape index (κ1) is 25.9. The number of carbonyl (C=O) groups excluding carboxylic acids is 2. The van der Waals surface area contributed by atoms with Crippen LogP contribution < -0.4 is 10.6 Å². The zero-order valence-corrected chi connectivity index (χ0v) is 22.9. The molecule has 2 amide bonds. The maximum Gasteiger partial charge on any atom is 0.258 e. The van der Waals surface area contributed by atoms with Crippen molar-refractivity contribution < 1.29 is 9.59 Å². The van der Waals surface area contributed by atoms with Crippen molar-refractivity contribution in [2.24, 2.45) is 11.3 Å². The van der Waals surface area contributed by atoms with Crippen LogP contribution in [0.1, 0.15) is 59.1 Å². The molecular formula is C28H40N4O2S. The van der Waals surface area contributed by atoms with Crippen LogP contribution in [0.5, 0.6) is 0 Å². The largest absolute Gasteiger partial charge is 0.322 e. The summed E-state index contributed by atoms with van der Waals surface area (Å²) >= 11 is 1.60. The van der Waals surface area contributed by atoms with Crippen LogP contribution in [0.4, 0.5) is 10.7 Å². The fourth-order valence-electron chi connectivity index (χ4n) is 5.17. The molecule has 2 aromatic rings. The van der Waals surface area contributed by atoms with E-state index in [1.165, 1.54) is 10.4 Å². The number of likely N-dealkylation sites (N-methyl/N-ethyl adjacent to an activating group) is 1. The predicted molar refractivity (Wildman–Crippen MR) is 146 cm³/mol. The van der Waals surface area contributed by atoms with Crippen molar-refractivity contribution in [2.75, 3.05) is 50.4 Å². The van der Waals surface area contributed by atoms with Gasteiger partial charge in [-0.2, -0.15) is 0 Å². The normalized spacial score (nSPS) is 19.3. The highest BCUT2D eigenvalue weighted by Gasteiger charge is 2.34. The number of benzene rings is 1. The number of piperazine rings is 1. The molecule has 0 bridgehead atoms. The first-order valence-corrected chi connectivity index (χ1v) is 13.6. The van der Waals surface area contributed by atoms with Crippen LogP contribution in [0.3, 0.4) is 0 Å². The van der Waals surface area contributed by atoms with Crippen molar-refractivity contribution in [3.8, 4) is 0 Å². The number of amides is 2. The van der Waals surface area contributed by atoms with Gasteiger partial charge in [-0.1, -0.05) is 38.5 Å². The number of fused-ring (bicyclic) bond motifs is 1. The Morgan fingerprint density at radius 2 is 1.80 bits per heavy atom. The summed E-state index contributed by atoms with van der Waals surface area (Å²) in [6, 6.07) is 6.05. The Hall–Kier alpha value is -2.22. The molecule has 1 aliphatic heterocycles. The van der Waals surface area contributed by atoms with E-state index in [1.807, 2.05) is 26.0 Å². The number of rotatable bonds is 5. The van der Waals surface area contributed by atoms with Gasteiger partial charge in [-0.25, -0.2) is 0 Å². The van der Waals surface area contributed by atoms with Gasteiger partial charge >= 0.3 is 0 Å². The molecule has 0 saturated carbocycles. The number of hydrogen-bond acceptors (Lipinski definition) is 5. The van der Waals surface area contributed by atoms with Gasteiger partial charge in [-0.3, -0.25) is 14.5 Å². The molecule has 1 saturated heterocycles. The zero-order valence-electron chi connectivity index (χ0n) is 22.1. The molecule has 1 aromatic heterocycles. The van der Waals surface area contributed by atoms with Crippen molar-refractivity contribution in [1.29, 1.82) is 0 Å². The van der Waals surface area contributed by atoms with E-state index < -0.39 is 0 Å². The summed E-state index contributed by atoms with van der Waals surface area (Å²) in [5, 5.41) is 6.97. The summed E-state index contributed by atoms with van der Waals surface area (Å²) in [6.07, 6.45) is 2.89. The van der Waals surface area contributed by atoms with Crippen molar-refractivity contribution in [3.05, 3.63) is 45.3 Å². The van der Waals surface area contributed by atoms with Crippen LogP contribution in [-0.4, -0.2) is 61.4 Å². The topological polar surface area (TPSA) is 64.7 Å². The lowest BCUT2D eigenvalue weighted by molar-refractivity contribution is -0.117. The first-order chi connectivity index (χ1) is 16.5. The quantitative estimate of drug-likeness (QED) is 0.615. The minimum Gasteiger partial charge on any atom is -0.322 e. The van der Waals surface area contributed by atoms with E-state index in [0.29, 0.717) is 23.0 Å². The van der Waals surface area contributed by atoms with E-state index in [9.17, 15) is 9.59 Å². The maximum atomic E-state index is 13.6. The highest BCUT2D eigenvalue weighted by Crippen LogP contribution is 2.44. The SMILES string of the molecule is Cc1ccc(NC(=O)c2c(NC(=O)CN3CCN(C)CC3)sc3c2CC[C@H](C(C)(C)C)C3)c(C)c1. The third-order valence-corrected chi connectivity index (χ3v) is 8.73. The Bertz CT molecular complexity index is 1090. The Morgan fingerprint density at radius 1 is 1.09 bits per heavy atom. The molecule has 1 aliphatic carbocycles. The molecule has 1 fully saturated rings. The third kappa shape index (κ3) is 6.13. The average Bonchev–Trinajstić information content (AvgIpc) is 3.13. The highest BCUT2D eigenvalue weighted by molar-refractivity contribution is 7.17. The summed E-state index contributed by atoms with van der Waals surface area (Å²) < 4.78 is 0. The van der Waals surface area contributed by atoms with Gasteiger partial charge in [0, 0.05) is 36.7 Å². The van der Waals surface area contributed by atoms with Crippen LogP contribution in [0.15, 0.2) is 18.2 Å². The van der Waals surface area contributed by atoms with Gasteiger partial charge in [0.25, 0.3) is 5.91 Å². The Balaban J connectivity index is 1.58. The second-order valence-corrected chi connectivity index (χ2v) is 12.5. The molecule has 2 heterocycles. The molecule has 6 nitrogen and oxygen atoms in total. The van der Waals surface area contributed by atoms with Crippen molar-refractivity contribution in [1.82, 2.24) is 9.80 Å². The Morgan fingerprint density at radius 3 is 2.46 bits per heavy atom. The summed E-state index contributed by atoms with van der Waals surface area (Å²) in [4.78, 5) is 32.4. The Kier molecular flexibility index (Phi) is 7.69.